The molecule has 0 spiro atoms. The Kier molecular flexibility index (Phi) is 42.8. The largest absolute Gasteiger partial charge is 0.463 e. The molecule has 0 aliphatic heterocycles. The first-order valence-electron chi connectivity index (χ1n) is 17.9. The highest BCUT2D eigenvalue weighted by molar-refractivity contribution is 6.17. The molecule has 0 saturated carbocycles. The van der Waals surface area contributed by atoms with E-state index in [1.54, 1.807) is 0 Å². The van der Waals surface area contributed by atoms with Gasteiger partial charge in [-0.25, -0.2) is 0 Å². The van der Waals surface area contributed by atoms with Gasteiger partial charge in [-0.1, -0.05) is 26.7 Å². The Morgan fingerprint density at radius 3 is 0.878 bits per heavy atom. The Morgan fingerprint density at radius 2 is 0.653 bits per heavy atom. The summed E-state index contributed by atoms with van der Waals surface area (Å²) in [5.74, 6) is 0.368. The number of ether oxygens (including phenoxy) is 13. The summed E-state index contributed by atoms with van der Waals surface area (Å²) in [5, 5.41) is 0. The van der Waals surface area contributed by atoms with Crippen LogP contribution < -0.4 is 0 Å². The van der Waals surface area contributed by atoms with Crippen LogP contribution in [0.25, 0.3) is 0 Å². The van der Waals surface area contributed by atoms with Gasteiger partial charge in [-0.3, -0.25) is 4.79 Å². The molecule has 15 heteroatoms. The second-order valence-electron chi connectivity index (χ2n) is 10.5. The Balaban J connectivity index is 3.13. The Morgan fingerprint density at radius 1 is 0.408 bits per heavy atom. The van der Waals surface area contributed by atoms with Gasteiger partial charge in [-0.15, -0.1) is 11.6 Å². The van der Waals surface area contributed by atoms with Gasteiger partial charge in [0.15, 0.2) is 0 Å². The van der Waals surface area contributed by atoms with Gasteiger partial charge in [0.2, 0.25) is 0 Å². The van der Waals surface area contributed by atoms with E-state index in [1.807, 2.05) is 6.92 Å². The van der Waals surface area contributed by atoms with Crippen LogP contribution >= 0.6 is 11.6 Å². The van der Waals surface area contributed by atoms with E-state index in [0.717, 1.165) is 25.7 Å². The normalized spacial score (nSPS) is 12.1. The van der Waals surface area contributed by atoms with E-state index in [4.69, 9.17) is 73.2 Å². The SMILES string of the molecule is CCCCC(CC)C(=O)OCCOCCOCCOCCOCCOCCOCCOCCOCCOCCOCCOCCOCCCl. The molecule has 0 aromatic heterocycles. The molecule has 0 saturated heterocycles. The van der Waals surface area contributed by atoms with E-state index in [2.05, 4.69) is 6.92 Å². The summed E-state index contributed by atoms with van der Waals surface area (Å²) in [6.45, 7) is 16.4. The fraction of sp³-hybridized carbons (Fsp3) is 0.971. The summed E-state index contributed by atoms with van der Waals surface area (Å²) in [6, 6.07) is 0. The minimum Gasteiger partial charge on any atom is -0.463 e. The Hall–Kier alpha value is -0.720. The number of carbonyl (C=O) groups is 1. The average Bonchev–Trinajstić information content (AvgIpc) is 3.11. The topological polar surface area (TPSA) is 137 Å². The monoisotopic (exact) mass is 734 g/mol. The van der Waals surface area contributed by atoms with E-state index >= 15 is 0 Å². The first-order chi connectivity index (χ1) is 24.3. The smallest absolute Gasteiger partial charge is 0.308 e. The minimum absolute atomic E-state index is 0.00511. The van der Waals surface area contributed by atoms with Gasteiger partial charge in [0.25, 0.3) is 0 Å². The van der Waals surface area contributed by atoms with Crippen molar-refractivity contribution in [1.82, 2.24) is 0 Å². The number of carbonyl (C=O) groups excluding carboxylic acids is 1. The quantitative estimate of drug-likeness (QED) is 0.0515. The molecule has 0 bridgehead atoms. The molecule has 49 heavy (non-hydrogen) atoms. The fourth-order valence-electron chi connectivity index (χ4n) is 3.83. The highest BCUT2D eigenvalue weighted by atomic mass is 35.5. The fourth-order valence-corrected chi connectivity index (χ4v) is 3.94. The Labute approximate surface area is 300 Å². The number of alkyl halides is 1. The van der Waals surface area contributed by atoms with Crippen molar-refractivity contribution in [2.24, 2.45) is 5.92 Å². The summed E-state index contributed by atoms with van der Waals surface area (Å²) in [6.07, 6.45) is 3.83. The zero-order valence-electron chi connectivity index (χ0n) is 30.4. The van der Waals surface area contributed by atoms with Crippen molar-refractivity contribution in [3.8, 4) is 0 Å². The first kappa shape index (κ1) is 48.3. The van der Waals surface area contributed by atoms with Crippen LogP contribution in [0.3, 0.4) is 0 Å². The maximum absolute atomic E-state index is 12.0. The summed E-state index contributed by atoms with van der Waals surface area (Å²) in [7, 11) is 0. The molecule has 0 fully saturated rings. The molecule has 1 unspecified atom stereocenters. The maximum atomic E-state index is 12.0. The zero-order chi connectivity index (χ0) is 35.6. The van der Waals surface area contributed by atoms with Crippen LogP contribution in [0, 0.1) is 5.92 Å². The molecule has 294 valence electrons. The van der Waals surface area contributed by atoms with Crippen LogP contribution in [0.15, 0.2) is 0 Å². The summed E-state index contributed by atoms with van der Waals surface area (Å²) >= 11 is 5.51. The van der Waals surface area contributed by atoms with Crippen LogP contribution in [0.1, 0.15) is 39.5 Å². The third-order valence-corrected chi connectivity index (χ3v) is 6.67. The number of halogens is 1. The molecule has 0 rings (SSSR count). The number of rotatable bonds is 43. The molecule has 14 nitrogen and oxygen atoms in total. The molecule has 0 radical (unpaired) electrons. The van der Waals surface area contributed by atoms with E-state index < -0.39 is 0 Å². The maximum Gasteiger partial charge on any atom is 0.308 e. The van der Waals surface area contributed by atoms with Crippen molar-refractivity contribution >= 4 is 17.6 Å². The van der Waals surface area contributed by atoms with Crippen molar-refractivity contribution in [3.63, 3.8) is 0 Å². The standard InChI is InChI=1S/C34H67ClO14/c1-3-5-6-33(4-2)34(36)49-32-31-48-30-29-47-28-27-46-26-25-45-24-23-44-22-21-43-20-19-42-18-17-41-16-15-40-14-13-39-12-11-38-10-9-37-8-7-35/h33H,3-32H2,1-2H3. The van der Waals surface area contributed by atoms with Gasteiger partial charge in [-0.05, 0) is 12.8 Å². The van der Waals surface area contributed by atoms with Crippen molar-refractivity contribution in [2.75, 3.05) is 171 Å². The van der Waals surface area contributed by atoms with Gasteiger partial charge >= 0.3 is 5.97 Å². The van der Waals surface area contributed by atoms with E-state index in [1.165, 1.54) is 0 Å². The van der Waals surface area contributed by atoms with Gasteiger partial charge in [0.05, 0.1) is 164 Å². The summed E-state index contributed by atoms with van der Waals surface area (Å²) < 4.78 is 70.5. The van der Waals surface area contributed by atoms with Crippen molar-refractivity contribution in [2.45, 2.75) is 39.5 Å². The molecule has 0 aliphatic carbocycles. The molecule has 0 aliphatic rings. The zero-order valence-corrected chi connectivity index (χ0v) is 31.1. The predicted octanol–water partition coefficient (Wildman–Crippen LogP) is 3.18. The third-order valence-electron chi connectivity index (χ3n) is 6.52. The highest BCUT2D eigenvalue weighted by Crippen LogP contribution is 2.14. The van der Waals surface area contributed by atoms with Crippen LogP contribution in [0.5, 0.6) is 0 Å². The van der Waals surface area contributed by atoms with E-state index in [9.17, 15) is 4.79 Å². The molecule has 1 atom stereocenters. The number of hydrogen-bond donors (Lipinski definition) is 0. The molecule has 0 aromatic carbocycles. The lowest BCUT2D eigenvalue weighted by Gasteiger charge is -2.13. The number of hydrogen-bond acceptors (Lipinski definition) is 14. The van der Waals surface area contributed by atoms with Crippen molar-refractivity contribution in [1.29, 1.82) is 0 Å². The molecular formula is C34H67ClO14. The molecule has 0 heterocycles. The van der Waals surface area contributed by atoms with Gasteiger partial charge < -0.3 is 61.6 Å². The lowest BCUT2D eigenvalue weighted by atomic mass is 10.00. The highest BCUT2D eigenvalue weighted by Gasteiger charge is 2.16. The number of esters is 1. The lowest BCUT2D eigenvalue weighted by Crippen LogP contribution is -2.20. The third kappa shape index (κ3) is 39.9. The van der Waals surface area contributed by atoms with Crippen LogP contribution in [0.2, 0.25) is 0 Å². The second-order valence-corrected chi connectivity index (χ2v) is 10.8. The van der Waals surface area contributed by atoms with Crippen LogP contribution in [-0.4, -0.2) is 177 Å². The van der Waals surface area contributed by atoms with Gasteiger partial charge in [0.1, 0.15) is 6.61 Å². The minimum atomic E-state index is -0.121. The molecule has 0 aromatic rings. The molecular weight excluding hydrogens is 668 g/mol. The van der Waals surface area contributed by atoms with Crippen molar-refractivity contribution in [3.05, 3.63) is 0 Å². The van der Waals surface area contributed by atoms with E-state index in [0.29, 0.717) is 164 Å². The molecule has 0 amide bonds. The number of unbranched alkanes of at least 4 members (excludes halogenated alkanes) is 1. The van der Waals surface area contributed by atoms with Crippen molar-refractivity contribution < 1.29 is 66.4 Å². The lowest BCUT2D eigenvalue weighted by molar-refractivity contribution is -0.150. The van der Waals surface area contributed by atoms with Crippen LogP contribution in [0.4, 0.5) is 0 Å². The first-order valence-corrected chi connectivity index (χ1v) is 18.4. The predicted molar refractivity (Wildman–Crippen MR) is 185 cm³/mol. The van der Waals surface area contributed by atoms with Gasteiger partial charge in [0, 0.05) is 5.88 Å². The second kappa shape index (κ2) is 43.4. The Bertz CT molecular complexity index is 638. The summed E-state index contributed by atoms with van der Waals surface area (Å²) in [4.78, 5) is 12.0. The van der Waals surface area contributed by atoms with Gasteiger partial charge in [-0.2, -0.15) is 0 Å². The van der Waals surface area contributed by atoms with Crippen LogP contribution in [-0.2, 0) is 66.4 Å². The van der Waals surface area contributed by atoms with E-state index in [-0.39, 0.29) is 18.5 Å². The molecule has 0 N–H and O–H groups in total. The average molecular weight is 735 g/mol. The summed E-state index contributed by atoms with van der Waals surface area (Å²) in [5.41, 5.74) is 0.